The molecule has 0 aliphatic carbocycles. The second kappa shape index (κ2) is 70.9. The highest BCUT2D eigenvalue weighted by molar-refractivity contribution is 5.71. The van der Waals surface area contributed by atoms with Gasteiger partial charge in [-0.25, -0.2) is 0 Å². The van der Waals surface area contributed by atoms with Gasteiger partial charge in [-0.2, -0.15) is 0 Å². The molecule has 1 unspecified atom stereocenters. The summed E-state index contributed by atoms with van der Waals surface area (Å²) in [5.74, 6) is -0.814. The Labute approximate surface area is 508 Å². The summed E-state index contributed by atoms with van der Waals surface area (Å²) < 4.78 is 17.1. The number of esters is 3. The molecule has 0 saturated carbocycles. The van der Waals surface area contributed by atoms with Gasteiger partial charge < -0.3 is 14.2 Å². The zero-order valence-electron chi connectivity index (χ0n) is 55.6. The van der Waals surface area contributed by atoms with E-state index in [1.165, 1.54) is 347 Å². The van der Waals surface area contributed by atoms with E-state index in [0.29, 0.717) is 19.3 Å². The maximum atomic E-state index is 13.0. The molecule has 0 aromatic carbocycles. The molecule has 0 radical (unpaired) electrons. The summed E-state index contributed by atoms with van der Waals surface area (Å²) >= 11 is 0. The van der Waals surface area contributed by atoms with Crippen LogP contribution in [0.2, 0.25) is 0 Å². The fourth-order valence-electron chi connectivity index (χ4n) is 12.0. The lowest BCUT2D eigenvalue weighted by molar-refractivity contribution is -0.167. The highest BCUT2D eigenvalue weighted by Gasteiger charge is 2.20. The molecule has 81 heavy (non-hydrogen) atoms. The van der Waals surface area contributed by atoms with Crippen LogP contribution in [0.3, 0.4) is 0 Å². The minimum absolute atomic E-state index is 0.0598. The van der Waals surface area contributed by atoms with Crippen LogP contribution in [0.4, 0.5) is 0 Å². The molecule has 0 aromatic rings. The predicted molar refractivity (Wildman–Crippen MR) is 354 cm³/mol. The van der Waals surface area contributed by atoms with Crippen molar-refractivity contribution in [3.05, 3.63) is 0 Å². The Morgan fingerprint density at radius 2 is 0.333 bits per heavy atom. The molecule has 0 aliphatic rings. The Balaban J connectivity index is 4.23. The van der Waals surface area contributed by atoms with Crippen LogP contribution >= 0.6 is 0 Å². The number of unbranched alkanes of at least 4 members (excludes halogenated alkanes) is 60. The smallest absolute Gasteiger partial charge is 0.306 e. The fourth-order valence-corrected chi connectivity index (χ4v) is 12.0. The van der Waals surface area contributed by atoms with E-state index in [1.807, 2.05) is 0 Å². The van der Waals surface area contributed by atoms with E-state index in [9.17, 15) is 14.4 Å². The molecular weight excluding hydrogens is 997 g/mol. The van der Waals surface area contributed by atoms with Crippen molar-refractivity contribution < 1.29 is 28.6 Å². The summed E-state index contributed by atoms with van der Waals surface area (Å²) in [6, 6.07) is 0. The van der Waals surface area contributed by atoms with Crippen LogP contribution < -0.4 is 0 Å². The molecule has 0 spiro atoms. The average molecular weight is 1140 g/mol. The van der Waals surface area contributed by atoms with Crippen LogP contribution in [0.25, 0.3) is 0 Å². The van der Waals surface area contributed by atoms with Crippen molar-refractivity contribution in [3.8, 4) is 0 Å². The van der Waals surface area contributed by atoms with Crippen molar-refractivity contribution in [1.82, 2.24) is 0 Å². The molecule has 0 heterocycles. The van der Waals surface area contributed by atoms with E-state index >= 15 is 0 Å². The molecule has 0 N–H and O–H groups in total. The van der Waals surface area contributed by atoms with Gasteiger partial charge in [0.2, 0.25) is 0 Å². The van der Waals surface area contributed by atoms with Crippen molar-refractivity contribution >= 4 is 17.9 Å². The van der Waals surface area contributed by atoms with E-state index in [2.05, 4.69) is 20.8 Å². The Morgan fingerprint density at radius 3 is 0.494 bits per heavy atom. The molecule has 0 fully saturated rings. The van der Waals surface area contributed by atoms with Gasteiger partial charge in [0.15, 0.2) is 6.10 Å². The second-order valence-electron chi connectivity index (χ2n) is 25.9. The molecule has 482 valence electrons. The maximum absolute atomic E-state index is 13.0. The van der Waals surface area contributed by atoms with E-state index in [-0.39, 0.29) is 31.1 Å². The quantitative estimate of drug-likeness (QED) is 0.0343. The topological polar surface area (TPSA) is 78.9 Å². The third kappa shape index (κ3) is 69.1. The van der Waals surface area contributed by atoms with E-state index < -0.39 is 6.10 Å². The van der Waals surface area contributed by atoms with Gasteiger partial charge in [0.05, 0.1) is 0 Å². The first-order valence-corrected chi connectivity index (χ1v) is 37.5. The third-order valence-electron chi connectivity index (χ3n) is 17.6. The van der Waals surface area contributed by atoms with Crippen molar-refractivity contribution in [2.75, 3.05) is 13.2 Å². The van der Waals surface area contributed by atoms with Gasteiger partial charge in [-0.15, -0.1) is 0 Å². The van der Waals surface area contributed by atoms with Crippen molar-refractivity contribution in [2.24, 2.45) is 0 Å². The van der Waals surface area contributed by atoms with Crippen LogP contribution in [-0.4, -0.2) is 37.2 Å². The normalized spacial score (nSPS) is 11.9. The summed E-state index contributed by atoms with van der Waals surface area (Å²) in [4.78, 5) is 38.5. The highest BCUT2D eigenvalue weighted by Crippen LogP contribution is 2.20. The zero-order valence-corrected chi connectivity index (χ0v) is 55.6. The fraction of sp³-hybridized carbons (Fsp3) is 0.960. The maximum Gasteiger partial charge on any atom is 0.306 e. The van der Waals surface area contributed by atoms with Gasteiger partial charge in [0, 0.05) is 19.3 Å². The third-order valence-corrected chi connectivity index (χ3v) is 17.6. The van der Waals surface area contributed by atoms with Crippen LogP contribution in [0.1, 0.15) is 445 Å². The number of carbonyl (C=O) groups is 3. The van der Waals surface area contributed by atoms with Gasteiger partial charge in [0.25, 0.3) is 0 Å². The van der Waals surface area contributed by atoms with E-state index in [4.69, 9.17) is 14.2 Å². The van der Waals surface area contributed by atoms with Crippen LogP contribution in [0.5, 0.6) is 0 Å². The first kappa shape index (κ1) is 79.4. The van der Waals surface area contributed by atoms with Gasteiger partial charge in [0.1, 0.15) is 13.2 Å². The SMILES string of the molecule is CCCCCCCCCCCCCCCCCCCCCCCCCCCC(=O)OCC(COC(=O)CCCCCCCCCCCCCCCCCCCC)OC(=O)CCCCCCCCCCCCCCCCCCCCCC. The molecule has 0 rings (SSSR count). The largest absolute Gasteiger partial charge is 0.462 e. The number of hydrogen-bond acceptors (Lipinski definition) is 6. The second-order valence-corrected chi connectivity index (χ2v) is 25.9. The lowest BCUT2D eigenvalue weighted by Gasteiger charge is -2.18. The van der Waals surface area contributed by atoms with Crippen molar-refractivity contribution in [3.63, 3.8) is 0 Å². The zero-order chi connectivity index (χ0) is 58.5. The summed E-state index contributed by atoms with van der Waals surface area (Å²) in [6.45, 7) is 6.76. The van der Waals surface area contributed by atoms with Crippen molar-refractivity contribution in [2.45, 2.75) is 451 Å². The highest BCUT2D eigenvalue weighted by atomic mass is 16.6. The summed E-state index contributed by atoms with van der Waals surface area (Å²) in [5, 5.41) is 0. The molecule has 6 nitrogen and oxygen atoms in total. The molecule has 0 aliphatic heterocycles. The molecule has 6 heteroatoms. The minimum Gasteiger partial charge on any atom is -0.462 e. The lowest BCUT2D eigenvalue weighted by atomic mass is 10.0. The molecule has 0 bridgehead atoms. The van der Waals surface area contributed by atoms with Gasteiger partial charge in [-0.05, 0) is 19.3 Å². The van der Waals surface area contributed by atoms with Gasteiger partial charge in [-0.3, -0.25) is 14.4 Å². The minimum atomic E-state index is -0.764. The van der Waals surface area contributed by atoms with E-state index in [0.717, 1.165) is 57.8 Å². The predicted octanol–water partition coefficient (Wildman–Crippen LogP) is 25.8. The molecule has 0 amide bonds. The first-order chi connectivity index (χ1) is 40.0. The monoisotopic (exact) mass is 1140 g/mol. The number of rotatable bonds is 71. The average Bonchev–Trinajstić information content (AvgIpc) is 3.47. The Hall–Kier alpha value is -1.59. The molecule has 1 atom stereocenters. The van der Waals surface area contributed by atoms with Gasteiger partial charge in [-0.1, -0.05) is 406 Å². The standard InChI is InChI=1S/C75H146O6/c1-4-7-10-13-16-19-22-25-28-31-34-36-37-38-39-40-42-44-47-50-53-56-59-62-65-68-74(77)80-71-72(70-79-73(76)67-64-61-58-55-52-49-46-43-33-30-27-24-21-18-15-12-9-6-3)81-75(78)69-66-63-60-57-54-51-48-45-41-35-32-29-26-23-20-17-14-11-8-5-2/h72H,4-71H2,1-3H3. The first-order valence-electron chi connectivity index (χ1n) is 37.5. The molecule has 0 aromatic heterocycles. The number of hydrogen-bond donors (Lipinski definition) is 0. The van der Waals surface area contributed by atoms with E-state index in [1.54, 1.807) is 0 Å². The van der Waals surface area contributed by atoms with Crippen LogP contribution in [-0.2, 0) is 28.6 Å². The summed E-state index contributed by atoms with van der Waals surface area (Å²) in [7, 11) is 0. The van der Waals surface area contributed by atoms with Crippen LogP contribution in [0.15, 0.2) is 0 Å². The Bertz CT molecular complexity index is 1220. The lowest BCUT2D eigenvalue weighted by Crippen LogP contribution is -2.30. The Morgan fingerprint density at radius 1 is 0.198 bits per heavy atom. The number of ether oxygens (including phenoxy) is 3. The number of carbonyl (C=O) groups excluding carboxylic acids is 3. The van der Waals surface area contributed by atoms with Crippen molar-refractivity contribution in [1.29, 1.82) is 0 Å². The Kier molecular flexibility index (Phi) is 69.5. The molecular formula is C75H146O6. The molecule has 0 saturated heterocycles. The van der Waals surface area contributed by atoms with Gasteiger partial charge >= 0.3 is 17.9 Å². The van der Waals surface area contributed by atoms with Crippen LogP contribution in [0, 0.1) is 0 Å². The summed E-state index contributed by atoms with van der Waals surface area (Å²) in [5.41, 5.74) is 0. The summed E-state index contributed by atoms with van der Waals surface area (Å²) in [6.07, 6.45) is 84.3.